The molecule has 0 spiro atoms. The van der Waals surface area contributed by atoms with Crippen LogP contribution in [0.3, 0.4) is 0 Å². The number of rotatable bonds is 3. The summed E-state index contributed by atoms with van der Waals surface area (Å²) >= 11 is 0. The van der Waals surface area contributed by atoms with Crippen LogP contribution in [0.1, 0.15) is 26.3 Å². The zero-order chi connectivity index (χ0) is 12.0. The monoisotopic (exact) mass is 217 g/mol. The smallest absolute Gasteiger partial charge is 0.117 e. The number of nitrogens with zero attached hydrogens (tertiary/aromatic N) is 3. The molecule has 0 aromatic heterocycles. The van der Waals surface area contributed by atoms with Crippen molar-refractivity contribution < 1.29 is 5.21 Å². The molecule has 1 aromatic carbocycles. The summed E-state index contributed by atoms with van der Waals surface area (Å²) in [5.41, 5.74) is 2.74. The van der Waals surface area contributed by atoms with Crippen molar-refractivity contribution in [2.24, 2.45) is 15.4 Å². The fraction of sp³-hybridized carbons (Fsp3) is 0.250. The van der Waals surface area contributed by atoms with E-state index in [4.69, 9.17) is 5.21 Å². The van der Waals surface area contributed by atoms with Gasteiger partial charge in [-0.15, -0.1) is 5.10 Å². The molecular formula is C12H15N3O. The minimum atomic E-state index is 0.441. The Labute approximate surface area is 95.0 Å². The summed E-state index contributed by atoms with van der Waals surface area (Å²) in [6.07, 6.45) is 0. The topological polar surface area (TPSA) is 57.3 Å². The average molecular weight is 217 g/mol. The van der Waals surface area contributed by atoms with Gasteiger partial charge in [0, 0.05) is 11.3 Å². The maximum atomic E-state index is 8.79. The van der Waals surface area contributed by atoms with Gasteiger partial charge in [0.15, 0.2) is 0 Å². The van der Waals surface area contributed by atoms with Gasteiger partial charge in [-0.25, -0.2) is 0 Å². The first-order valence-corrected chi connectivity index (χ1v) is 4.98. The van der Waals surface area contributed by atoms with Gasteiger partial charge in [-0.05, 0) is 20.8 Å². The molecule has 0 unspecified atom stereocenters. The van der Waals surface area contributed by atoms with Crippen molar-refractivity contribution in [1.82, 2.24) is 0 Å². The van der Waals surface area contributed by atoms with E-state index in [1.807, 2.05) is 44.2 Å². The van der Waals surface area contributed by atoms with Gasteiger partial charge < -0.3 is 5.21 Å². The largest absolute Gasteiger partial charge is 0.411 e. The van der Waals surface area contributed by atoms with Crippen molar-refractivity contribution in [3.8, 4) is 0 Å². The summed E-state index contributed by atoms with van der Waals surface area (Å²) in [6.45, 7) is 5.40. The third kappa shape index (κ3) is 3.31. The second-order valence-electron chi connectivity index (χ2n) is 3.55. The fourth-order valence-corrected chi connectivity index (χ4v) is 1.13. The molecule has 0 fully saturated rings. The number of hydrogen-bond donors (Lipinski definition) is 1. The lowest BCUT2D eigenvalue weighted by atomic mass is 10.1. The van der Waals surface area contributed by atoms with Crippen LogP contribution in [-0.4, -0.2) is 22.3 Å². The standard InChI is InChI=1S/C12H15N3O/c1-9(2)13-14-12(10(3)15-16)11-7-5-4-6-8-11/h4-8,16H,1-3H3. The van der Waals surface area contributed by atoms with Gasteiger partial charge in [0.2, 0.25) is 0 Å². The molecule has 0 aliphatic rings. The Morgan fingerprint density at radius 3 is 2.12 bits per heavy atom. The summed E-state index contributed by atoms with van der Waals surface area (Å²) in [7, 11) is 0. The fourth-order valence-electron chi connectivity index (χ4n) is 1.13. The van der Waals surface area contributed by atoms with E-state index >= 15 is 0 Å². The molecule has 0 aliphatic carbocycles. The third-order valence-corrected chi connectivity index (χ3v) is 1.89. The highest BCUT2D eigenvalue weighted by Crippen LogP contribution is 2.04. The Balaban J connectivity index is 3.17. The minimum absolute atomic E-state index is 0.441. The van der Waals surface area contributed by atoms with Crippen LogP contribution in [0.4, 0.5) is 0 Å². The summed E-state index contributed by atoms with van der Waals surface area (Å²) in [5, 5.41) is 20.0. The zero-order valence-electron chi connectivity index (χ0n) is 9.68. The Morgan fingerprint density at radius 2 is 1.62 bits per heavy atom. The first kappa shape index (κ1) is 12.1. The molecule has 1 rings (SSSR count). The molecule has 0 amide bonds. The predicted octanol–water partition coefficient (Wildman–Crippen LogP) is 2.72. The molecule has 0 saturated heterocycles. The van der Waals surface area contributed by atoms with Gasteiger partial charge in [0.05, 0.1) is 0 Å². The maximum absolute atomic E-state index is 8.79. The van der Waals surface area contributed by atoms with Gasteiger partial charge in [-0.3, -0.25) is 0 Å². The minimum Gasteiger partial charge on any atom is -0.411 e. The summed E-state index contributed by atoms with van der Waals surface area (Å²) in [6, 6.07) is 9.51. The van der Waals surface area contributed by atoms with E-state index in [-0.39, 0.29) is 0 Å². The van der Waals surface area contributed by atoms with Crippen molar-refractivity contribution in [3.63, 3.8) is 0 Å². The summed E-state index contributed by atoms with van der Waals surface area (Å²) in [5.74, 6) is 0. The summed E-state index contributed by atoms with van der Waals surface area (Å²) < 4.78 is 0. The molecule has 1 N–H and O–H groups in total. The van der Waals surface area contributed by atoms with Crippen molar-refractivity contribution in [3.05, 3.63) is 35.9 Å². The van der Waals surface area contributed by atoms with Crippen molar-refractivity contribution in [2.45, 2.75) is 20.8 Å². The lowest BCUT2D eigenvalue weighted by molar-refractivity contribution is 0.320. The van der Waals surface area contributed by atoms with E-state index in [9.17, 15) is 0 Å². The Hall–Kier alpha value is -1.97. The first-order chi connectivity index (χ1) is 7.65. The Bertz CT molecular complexity index is 429. The van der Waals surface area contributed by atoms with E-state index in [1.165, 1.54) is 0 Å². The van der Waals surface area contributed by atoms with Crippen molar-refractivity contribution >= 4 is 17.1 Å². The van der Waals surface area contributed by atoms with Gasteiger partial charge >= 0.3 is 0 Å². The molecule has 4 nitrogen and oxygen atoms in total. The lowest BCUT2D eigenvalue weighted by Crippen LogP contribution is -2.11. The van der Waals surface area contributed by atoms with Crippen LogP contribution in [0.2, 0.25) is 0 Å². The van der Waals surface area contributed by atoms with E-state index in [0.717, 1.165) is 11.3 Å². The summed E-state index contributed by atoms with van der Waals surface area (Å²) in [4.78, 5) is 0. The van der Waals surface area contributed by atoms with Crippen molar-refractivity contribution in [2.75, 3.05) is 0 Å². The molecule has 16 heavy (non-hydrogen) atoms. The third-order valence-electron chi connectivity index (χ3n) is 1.89. The highest BCUT2D eigenvalue weighted by molar-refractivity contribution is 6.47. The van der Waals surface area contributed by atoms with Crippen molar-refractivity contribution in [1.29, 1.82) is 0 Å². The van der Waals surface area contributed by atoms with E-state index in [0.29, 0.717) is 11.4 Å². The number of oxime groups is 1. The van der Waals surface area contributed by atoms with E-state index in [2.05, 4.69) is 15.4 Å². The molecule has 0 bridgehead atoms. The zero-order valence-corrected chi connectivity index (χ0v) is 9.68. The highest BCUT2D eigenvalue weighted by Gasteiger charge is 2.07. The van der Waals surface area contributed by atoms with Crippen LogP contribution in [0.15, 0.2) is 45.7 Å². The molecule has 0 atom stereocenters. The molecule has 0 radical (unpaired) electrons. The van der Waals surface area contributed by atoms with Crippen LogP contribution in [0, 0.1) is 0 Å². The van der Waals surface area contributed by atoms with Crippen LogP contribution in [0.25, 0.3) is 0 Å². The van der Waals surface area contributed by atoms with Gasteiger partial charge in [0.25, 0.3) is 0 Å². The molecule has 0 heterocycles. The second-order valence-corrected chi connectivity index (χ2v) is 3.55. The molecule has 4 heteroatoms. The van der Waals surface area contributed by atoms with Gasteiger partial charge in [-0.2, -0.15) is 5.10 Å². The van der Waals surface area contributed by atoms with Crippen LogP contribution >= 0.6 is 0 Å². The normalized spacial score (nSPS) is 12.4. The quantitative estimate of drug-likeness (QED) is 0.472. The van der Waals surface area contributed by atoms with Gasteiger partial charge in [-0.1, -0.05) is 35.5 Å². The molecule has 0 saturated carbocycles. The SMILES string of the molecule is CC(C)=NN=C(C(C)=NO)c1ccccc1. The Morgan fingerprint density at radius 1 is 1.00 bits per heavy atom. The number of hydrogen-bond acceptors (Lipinski definition) is 4. The van der Waals surface area contributed by atoms with E-state index < -0.39 is 0 Å². The predicted molar refractivity (Wildman–Crippen MR) is 66.7 cm³/mol. The lowest BCUT2D eigenvalue weighted by Gasteiger charge is -2.02. The highest BCUT2D eigenvalue weighted by atomic mass is 16.4. The molecule has 1 aromatic rings. The second kappa shape index (κ2) is 5.80. The first-order valence-electron chi connectivity index (χ1n) is 4.98. The number of benzene rings is 1. The molecule has 0 aliphatic heterocycles. The van der Waals surface area contributed by atoms with Gasteiger partial charge in [0.1, 0.15) is 11.4 Å². The molecule has 84 valence electrons. The van der Waals surface area contributed by atoms with Crippen LogP contribution in [-0.2, 0) is 0 Å². The molecular weight excluding hydrogens is 202 g/mol. The van der Waals surface area contributed by atoms with Crippen LogP contribution in [0.5, 0.6) is 0 Å². The average Bonchev–Trinajstić information content (AvgIpc) is 2.30. The van der Waals surface area contributed by atoms with Crippen LogP contribution < -0.4 is 0 Å². The Kier molecular flexibility index (Phi) is 4.39. The van der Waals surface area contributed by atoms with E-state index in [1.54, 1.807) is 6.92 Å². The maximum Gasteiger partial charge on any atom is 0.117 e.